The molecule has 0 aliphatic carbocycles. The highest BCUT2D eigenvalue weighted by atomic mass is 32.2. The van der Waals surface area contributed by atoms with Crippen LogP contribution in [0.4, 0.5) is 0 Å². The molecule has 0 amide bonds. The Kier molecular flexibility index (Phi) is 6.68. The Hall–Kier alpha value is -1.70. The van der Waals surface area contributed by atoms with Crippen LogP contribution >= 0.6 is 11.8 Å². The zero-order valence-electron chi connectivity index (χ0n) is 15.6. The number of thioether (sulfide) groups is 1. The first-order valence-corrected chi connectivity index (χ1v) is 11.6. The van der Waals surface area contributed by atoms with Crippen LogP contribution in [0.15, 0.2) is 53.4 Å². The highest BCUT2D eigenvalue weighted by Crippen LogP contribution is 2.41. The second-order valence-electron chi connectivity index (χ2n) is 6.29. The largest absolute Gasteiger partial charge is 0.497 e. The van der Waals surface area contributed by atoms with E-state index in [1.54, 1.807) is 47.4 Å². The molecule has 1 aliphatic rings. The number of benzene rings is 2. The van der Waals surface area contributed by atoms with Gasteiger partial charge in [0.25, 0.3) is 0 Å². The van der Waals surface area contributed by atoms with E-state index in [-0.39, 0.29) is 5.37 Å². The van der Waals surface area contributed by atoms with Gasteiger partial charge in [0.2, 0.25) is 10.0 Å². The summed E-state index contributed by atoms with van der Waals surface area (Å²) < 4.78 is 38.7. The molecule has 2 aromatic carbocycles. The van der Waals surface area contributed by atoms with Crippen LogP contribution in [0.3, 0.4) is 0 Å². The minimum Gasteiger partial charge on any atom is -0.497 e. The maximum Gasteiger partial charge on any atom is 0.244 e. The van der Waals surface area contributed by atoms with Gasteiger partial charge in [0.1, 0.15) is 11.5 Å². The van der Waals surface area contributed by atoms with Crippen molar-refractivity contribution >= 4 is 21.8 Å². The van der Waals surface area contributed by atoms with E-state index in [4.69, 9.17) is 9.47 Å². The Morgan fingerprint density at radius 1 is 1.07 bits per heavy atom. The summed E-state index contributed by atoms with van der Waals surface area (Å²) in [6.07, 6.45) is 2.04. The Labute approximate surface area is 165 Å². The molecule has 0 aromatic heterocycles. The average molecular weight is 408 g/mol. The van der Waals surface area contributed by atoms with Gasteiger partial charge in [-0.05, 0) is 48.4 Å². The number of unbranched alkanes of at least 4 members (excludes halogenated alkanes) is 1. The van der Waals surface area contributed by atoms with Gasteiger partial charge in [0.05, 0.1) is 24.0 Å². The summed E-state index contributed by atoms with van der Waals surface area (Å²) in [7, 11) is -1.95. The van der Waals surface area contributed by atoms with Gasteiger partial charge in [-0.15, -0.1) is 11.8 Å². The minimum atomic E-state index is -3.57. The normalized spacial score (nSPS) is 17.8. The lowest BCUT2D eigenvalue weighted by atomic mass is 10.2. The second-order valence-corrected chi connectivity index (χ2v) is 9.36. The van der Waals surface area contributed by atoms with E-state index in [0.717, 1.165) is 29.9 Å². The van der Waals surface area contributed by atoms with Crippen molar-refractivity contribution < 1.29 is 17.9 Å². The fourth-order valence-electron chi connectivity index (χ4n) is 2.91. The minimum absolute atomic E-state index is 0.221. The van der Waals surface area contributed by atoms with Crippen LogP contribution in [0.5, 0.6) is 11.5 Å². The Bertz CT molecular complexity index is 835. The molecule has 0 bridgehead atoms. The van der Waals surface area contributed by atoms with Crippen molar-refractivity contribution in [2.45, 2.75) is 30.0 Å². The summed E-state index contributed by atoms with van der Waals surface area (Å²) in [5.41, 5.74) is 0.960. The smallest absolute Gasteiger partial charge is 0.244 e. The molecule has 0 N–H and O–H groups in total. The van der Waals surface area contributed by atoms with Gasteiger partial charge in [0, 0.05) is 12.3 Å². The van der Waals surface area contributed by atoms with Crippen molar-refractivity contribution in [1.29, 1.82) is 0 Å². The maximum absolute atomic E-state index is 13.2. The van der Waals surface area contributed by atoms with Gasteiger partial charge < -0.3 is 9.47 Å². The van der Waals surface area contributed by atoms with Gasteiger partial charge in [-0.3, -0.25) is 0 Å². The highest BCUT2D eigenvalue weighted by molar-refractivity contribution is 8.01. The molecule has 0 radical (unpaired) electrons. The third kappa shape index (κ3) is 4.59. The number of sulfonamides is 1. The second kappa shape index (κ2) is 8.99. The summed E-state index contributed by atoms with van der Waals surface area (Å²) in [5.74, 6) is 2.23. The third-order valence-corrected chi connectivity index (χ3v) is 7.72. The van der Waals surface area contributed by atoms with E-state index in [9.17, 15) is 8.42 Å². The van der Waals surface area contributed by atoms with Crippen LogP contribution < -0.4 is 9.47 Å². The van der Waals surface area contributed by atoms with Crippen LogP contribution in [0.25, 0.3) is 0 Å². The first-order valence-electron chi connectivity index (χ1n) is 9.06. The molecule has 146 valence electrons. The lowest BCUT2D eigenvalue weighted by Crippen LogP contribution is -2.30. The Morgan fingerprint density at radius 3 is 2.37 bits per heavy atom. The molecular weight excluding hydrogens is 382 g/mol. The van der Waals surface area contributed by atoms with Crippen molar-refractivity contribution in [3.8, 4) is 11.5 Å². The van der Waals surface area contributed by atoms with Crippen LogP contribution in [0, 0.1) is 0 Å². The van der Waals surface area contributed by atoms with E-state index in [0.29, 0.717) is 23.8 Å². The lowest BCUT2D eigenvalue weighted by molar-refractivity contribution is 0.309. The van der Waals surface area contributed by atoms with Crippen LogP contribution in [-0.2, 0) is 10.0 Å². The molecule has 0 spiro atoms. The fraction of sp³-hybridized carbons (Fsp3) is 0.400. The molecule has 1 atom stereocenters. The van der Waals surface area contributed by atoms with E-state index in [2.05, 4.69) is 6.92 Å². The quantitative estimate of drug-likeness (QED) is 0.610. The summed E-state index contributed by atoms with van der Waals surface area (Å²) in [4.78, 5) is 0.298. The molecular formula is C20H25NO4S2. The summed E-state index contributed by atoms with van der Waals surface area (Å²) in [5, 5.41) is -0.221. The Morgan fingerprint density at radius 2 is 1.74 bits per heavy atom. The number of hydrogen-bond acceptors (Lipinski definition) is 5. The van der Waals surface area contributed by atoms with Gasteiger partial charge >= 0.3 is 0 Å². The van der Waals surface area contributed by atoms with Gasteiger partial charge in [-0.2, -0.15) is 4.31 Å². The zero-order chi connectivity index (χ0) is 19.3. The molecule has 1 fully saturated rings. The molecule has 5 nitrogen and oxygen atoms in total. The van der Waals surface area contributed by atoms with E-state index < -0.39 is 10.0 Å². The molecule has 27 heavy (non-hydrogen) atoms. The van der Waals surface area contributed by atoms with Crippen molar-refractivity contribution in [2.75, 3.05) is 26.0 Å². The van der Waals surface area contributed by atoms with Crippen molar-refractivity contribution in [3.05, 3.63) is 54.1 Å². The van der Waals surface area contributed by atoms with Gasteiger partial charge in [0.15, 0.2) is 0 Å². The van der Waals surface area contributed by atoms with Gasteiger partial charge in [-0.1, -0.05) is 25.5 Å². The molecule has 1 aliphatic heterocycles. The molecule has 1 heterocycles. The molecule has 3 rings (SSSR count). The molecule has 0 unspecified atom stereocenters. The third-order valence-electron chi connectivity index (χ3n) is 4.45. The van der Waals surface area contributed by atoms with Crippen LogP contribution in [0.1, 0.15) is 30.7 Å². The summed E-state index contributed by atoms with van der Waals surface area (Å²) in [6, 6.07) is 14.3. The predicted molar refractivity (Wildman–Crippen MR) is 109 cm³/mol. The molecule has 7 heteroatoms. The van der Waals surface area contributed by atoms with Crippen molar-refractivity contribution in [2.24, 2.45) is 0 Å². The number of rotatable bonds is 8. The van der Waals surface area contributed by atoms with Crippen molar-refractivity contribution in [1.82, 2.24) is 4.31 Å². The summed E-state index contributed by atoms with van der Waals surface area (Å²) in [6.45, 7) is 3.25. The monoisotopic (exact) mass is 407 g/mol. The van der Waals surface area contributed by atoms with Gasteiger partial charge in [-0.25, -0.2) is 8.42 Å². The number of ether oxygens (including phenoxy) is 2. The first kappa shape index (κ1) is 20.0. The van der Waals surface area contributed by atoms with Crippen molar-refractivity contribution in [3.63, 3.8) is 0 Å². The first-order chi connectivity index (χ1) is 13.1. The number of nitrogens with zero attached hydrogens (tertiary/aromatic N) is 1. The lowest BCUT2D eigenvalue weighted by Gasteiger charge is -2.23. The molecule has 2 aromatic rings. The van der Waals surface area contributed by atoms with Crippen LogP contribution in [-0.4, -0.2) is 38.7 Å². The molecule has 0 saturated carbocycles. The maximum atomic E-state index is 13.2. The highest BCUT2D eigenvalue weighted by Gasteiger charge is 2.36. The molecule has 1 saturated heterocycles. The standard InChI is InChI=1S/C20H25NO4S2/c1-3-4-14-25-18-9-11-19(12-10-18)27(22,23)21-13-15-26-20(21)16-5-7-17(24-2)8-6-16/h5-12,20H,3-4,13-15H2,1-2H3/t20-/m0/s1. The average Bonchev–Trinajstić information content (AvgIpc) is 3.19. The van der Waals surface area contributed by atoms with Crippen LogP contribution in [0.2, 0.25) is 0 Å². The van der Waals surface area contributed by atoms with E-state index in [1.807, 2.05) is 24.3 Å². The van der Waals surface area contributed by atoms with E-state index in [1.165, 1.54) is 0 Å². The van der Waals surface area contributed by atoms with E-state index >= 15 is 0 Å². The SMILES string of the molecule is CCCCOc1ccc(S(=O)(=O)N2CCS[C@H]2c2ccc(OC)cc2)cc1. The number of methoxy groups -OCH3 is 1. The fourth-order valence-corrected chi connectivity index (χ4v) is 6.15. The Balaban J connectivity index is 1.78. The zero-order valence-corrected chi connectivity index (χ0v) is 17.3. The topological polar surface area (TPSA) is 55.8 Å². The summed E-state index contributed by atoms with van der Waals surface area (Å²) >= 11 is 1.64. The predicted octanol–water partition coefficient (Wildman–Crippen LogP) is 4.31. The number of hydrogen-bond donors (Lipinski definition) is 0.